The van der Waals surface area contributed by atoms with Crippen LogP contribution in [0.2, 0.25) is 5.02 Å². The van der Waals surface area contributed by atoms with Crippen molar-refractivity contribution in [2.45, 2.75) is 4.90 Å². The molecule has 2 aromatic rings. The molecular weight excluding hydrogens is 336 g/mol. The molecule has 23 heavy (non-hydrogen) atoms. The van der Waals surface area contributed by atoms with E-state index in [0.29, 0.717) is 33.5 Å². The van der Waals surface area contributed by atoms with Crippen LogP contribution in [0, 0.1) is 0 Å². The van der Waals surface area contributed by atoms with E-state index in [1.807, 2.05) is 6.07 Å². The number of carbonyl (C=O) groups is 2. The van der Waals surface area contributed by atoms with Crippen LogP contribution in [0.4, 0.5) is 11.4 Å². The molecule has 3 rings (SSSR count). The Bertz CT molecular complexity index is 795. The van der Waals surface area contributed by atoms with Crippen molar-refractivity contribution in [3.63, 3.8) is 0 Å². The van der Waals surface area contributed by atoms with Crippen molar-refractivity contribution < 1.29 is 14.3 Å². The number of rotatable bonds is 3. The average molecular weight is 349 g/mol. The lowest BCUT2D eigenvalue weighted by Gasteiger charge is -2.17. The molecule has 5 nitrogen and oxygen atoms in total. The first kappa shape index (κ1) is 15.7. The minimum Gasteiger partial charge on any atom is -0.495 e. The second kappa shape index (κ2) is 6.52. The van der Waals surface area contributed by atoms with Crippen LogP contribution in [0.1, 0.15) is 10.4 Å². The Morgan fingerprint density at radius 2 is 2.13 bits per heavy atom. The Balaban J connectivity index is 1.79. The minimum atomic E-state index is -0.279. The zero-order chi connectivity index (χ0) is 16.4. The van der Waals surface area contributed by atoms with E-state index in [0.717, 1.165) is 4.90 Å². The van der Waals surface area contributed by atoms with Crippen molar-refractivity contribution >= 4 is 46.6 Å². The molecule has 7 heteroatoms. The van der Waals surface area contributed by atoms with Gasteiger partial charge < -0.3 is 15.4 Å². The molecule has 0 saturated carbocycles. The van der Waals surface area contributed by atoms with Gasteiger partial charge >= 0.3 is 0 Å². The van der Waals surface area contributed by atoms with E-state index in [1.165, 1.54) is 18.9 Å². The highest BCUT2D eigenvalue weighted by Gasteiger charge is 2.17. The maximum atomic E-state index is 12.3. The number of amides is 2. The first-order chi connectivity index (χ1) is 11.1. The third-order valence-electron chi connectivity index (χ3n) is 3.28. The summed E-state index contributed by atoms with van der Waals surface area (Å²) in [7, 11) is 1.53. The highest BCUT2D eigenvalue weighted by atomic mass is 35.5. The molecule has 0 bridgehead atoms. The number of anilines is 2. The van der Waals surface area contributed by atoms with Crippen molar-refractivity contribution in [3.8, 4) is 5.75 Å². The molecule has 0 aromatic heterocycles. The van der Waals surface area contributed by atoms with Gasteiger partial charge in [-0.05, 0) is 36.4 Å². The van der Waals surface area contributed by atoms with Gasteiger partial charge in [0.05, 0.1) is 23.6 Å². The summed E-state index contributed by atoms with van der Waals surface area (Å²) in [6.45, 7) is 0. The quantitative estimate of drug-likeness (QED) is 0.888. The number of thioether (sulfide) groups is 1. The fourth-order valence-electron chi connectivity index (χ4n) is 2.17. The summed E-state index contributed by atoms with van der Waals surface area (Å²) in [6, 6.07) is 10.2. The number of ether oxygens (including phenoxy) is 1. The van der Waals surface area contributed by atoms with Crippen LogP contribution in [0.3, 0.4) is 0 Å². The van der Waals surface area contributed by atoms with E-state index in [-0.39, 0.29) is 11.8 Å². The van der Waals surface area contributed by atoms with Crippen LogP contribution < -0.4 is 15.4 Å². The van der Waals surface area contributed by atoms with Gasteiger partial charge in [-0.3, -0.25) is 9.59 Å². The summed E-state index contributed by atoms with van der Waals surface area (Å²) in [5.41, 5.74) is 1.68. The highest BCUT2D eigenvalue weighted by Crippen LogP contribution is 2.32. The van der Waals surface area contributed by atoms with Gasteiger partial charge in [-0.25, -0.2) is 0 Å². The van der Waals surface area contributed by atoms with Crippen LogP contribution in [0.5, 0.6) is 5.75 Å². The fourth-order valence-corrected chi connectivity index (χ4v) is 3.22. The Morgan fingerprint density at radius 3 is 2.87 bits per heavy atom. The molecule has 0 unspecified atom stereocenters. The molecular formula is C16H13ClN2O3S. The van der Waals surface area contributed by atoms with Crippen LogP contribution in [0.15, 0.2) is 41.3 Å². The Labute approximate surface area is 142 Å². The van der Waals surface area contributed by atoms with E-state index in [2.05, 4.69) is 10.6 Å². The van der Waals surface area contributed by atoms with Gasteiger partial charge in [-0.1, -0.05) is 11.6 Å². The summed E-state index contributed by atoms with van der Waals surface area (Å²) in [6.07, 6.45) is 0. The lowest BCUT2D eigenvalue weighted by atomic mass is 10.1. The number of fused-ring (bicyclic) bond motifs is 1. The molecule has 2 aromatic carbocycles. The molecule has 1 aliphatic heterocycles. The van der Waals surface area contributed by atoms with E-state index in [4.69, 9.17) is 16.3 Å². The SMILES string of the molecule is COc1ccc(NC(=O)c2ccc3c(c2)NC(=O)CS3)cc1Cl. The lowest BCUT2D eigenvalue weighted by Crippen LogP contribution is -2.19. The Kier molecular flexibility index (Phi) is 4.45. The van der Waals surface area contributed by atoms with E-state index < -0.39 is 0 Å². The molecule has 0 saturated heterocycles. The number of carbonyl (C=O) groups excluding carboxylic acids is 2. The molecule has 0 radical (unpaired) electrons. The molecule has 0 atom stereocenters. The van der Waals surface area contributed by atoms with Crippen LogP contribution in [-0.2, 0) is 4.79 Å². The third-order valence-corrected chi connectivity index (χ3v) is 4.65. The number of hydrogen-bond donors (Lipinski definition) is 2. The van der Waals surface area contributed by atoms with E-state index in [1.54, 1.807) is 30.3 Å². The zero-order valence-electron chi connectivity index (χ0n) is 12.2. The van der Waals surface area contributed by atoms with Gasteiger partial charge in [0, 0.05) is 16.1 Å². The summed E-state index contributed by atoms with van der Waals surface area (Å²) < 4.78 is 5.07. The maximum Gasteiger partial charge on any atom is 0.255 e. The first-order valence-corrected chi connectivity index (χ1v) is 8.15. The number of hydrogen-bond acceptors (Lipinski definition) is 4. The van der Waals surface area contributed by atoms with Gasteiger partial charge in [-0.2, -0.15) is 0 Å². The van der Waals surface area contributed by atoms with Crippen molar-refractivity contribution in [1.29, 1.82) is 0 Å². The van der Waals surface area contributed by atoms with Crippen molar-refractivity contribution in [2.75, 3.05) is 23.5 Å². The summed E-state index contributed by atoms with van der Waals surface area (Å²) in [5.74, 6) is 0.585. The summed E-state index contributed by atoms with van der Waals surface area (Å²) >= 11 is 7.50. The van der Waals surface area contributed by atoms with E-state index >= 15 is 0 Å². The van der Waals surface area contributed by atoms with Crippen molar-refractivity contribution in [1.82, 2.24) is 0 Å². The second-order valence-corrected chi connectivity index (χ2v) is 6.28. The fraction of sp³-hybridized carbons (Fsp3) is 0.125. The smallest absolute Gasteiger partial charge is 0.255 e. The topological polar surface area (TPSA) is 67.4 Å². The second-order valence-electron chi connectivity index (χ2n) is 4.85. The number of benzene rings is 2. The molecule has 1 aliphatic rings. The van der Waals surface area contributed by atoms with Gasteiger partial charge in [0.25, 0.3) is 5.91 Å². The van der Waals surface area contributed by atoms with Gasteiger partial charge in [0.1, 0.15) is 5.75 Å². The largest absolute Gasteiger partial charge is 0.495 e. The first-order valence-electron chi connectivity index (χ1n) is 6.78. The molecule has 2 N–H and O–H groups in total. The standard InChI is InChI=1S/C16H13ClN2O3S/c1-22-13-4-3-10(7-11(13)17)18-16(21)9-2-5-14-12(6-9)19-15(20)8-23-14/h2-7H,8H2,1H3,(H,18,21)(H,19,20). The van der Waals surface area contributed by atoms with Crippen LogP contribution >= 0.6 is 23.4 Å². The number of halogens is 1. The number of nitrogens with one attached hydrogen (secondary N) is 2. The zero-order valence-corrected chi connectivity index (χ0v) is 13.8. The normalized spacial score (nSPS) is 13.0. The van der Waals surface area contributed by atoms with Gasteiger partial charge in [-0.15, -0.1) is 11.8 Å². The third kappa shape index (κ3) is 3.43. The molecule has 0 spiro atoms. The van der Waals surface area contributed by atoms with Crippen molar-refractivity contribution in [2.24, 2.45) is 0 Å². The van der Waals surface area contributed by atoms with Gasteiger partial charge in [0.15, 0.2) is 0 Å². The predicted molar refractivity (Wildman–Crippen MR) is 91.8 cm³/mol. The molecule has 0 aliphatic carbocycles. The Hall–Kier alpha value is -2.18. The number of methoxy groups -OCH3 is 1. The molecule has 2 amide bonds. The molecule has 1 heterocycles. The molecule has 0 fully saturated rings. The van der Waals surface area contributed by atoms with Gasteiger partial charge in [0.2, 0.25) is 5.91 Å². The monoisotopic (exact) mass is 348 g/mol. The summed E-state index contributed by atoms with van der Waals surface area (Å²) in [5, 5.41) is 5.95. The van der Waals surface area contributed by atoms with E-state index in [9.17, 15) is 9.59 Å². The Morgan fingerprint density at radius 1 is 1.30 bits per heavy atom. The van der Waals surface area contributed by atoms with Crippen LogP contribution in [-0.4, -0.2) is 24.7 Å². The highest BCUT2D eigenvalue weighted by molar-refractivity contribution is 8.00. The average Bonchev–Trinajstić information content (AvgIpc) is 2.54. The lowest BCUT2D eigenvalue weighted by molar-refractivity contribution is -0.113. The predicted octanol–water partition coefficient (Wildman–Crippen LogP) is 3.65. The minimum absolute atomic E-state index is 0.0676. The van der Waals surface area contributed by atoms with Crippen molar-refractivity contribution in [3.05, 3.63) is 47.0 Å². The molecule has 118 valence electrons. The van der Waals surface area contributed by atoms with Crippen LogP contribution in [0.25, 0.3) is 0 Å². The maximum absolute atomic E-state index is 12.3. The summed E-state index contributed by atoms with van der Waals surface area (Å²) in [4.78, 5) is 24.7.